The van der Waals surface area contributed by atoms with Crippen LogP contribution in [0.4, 0.5) is 5.82 Å². The van der Waals surface area contributed by atoms with Crippen molar-refractivity contribution in [2.75, 3.05) is 11.5 Å². The summed E-state index contributed by atoms with van der Waals surface area (Å²) in [5.41, 5.74) is 8.68. The highest BCUT2D eigenvalue weighted by Crippen LogP contribution is 2.31. The Hall–Kier alpha value is -3.86. The van der Waals surface area contributed by atoms with Gasteiger partial charge in [0.05, 0.1) is 16.5 Å². The quantitative estimate of drug-likeness (QED) is 0.213. The van der Waals surface area contributed by atoms with Crippen molar-refractivity contribution in [2.45, 2.75) is 17.4 Å². The summed E-state index contributed by atoms with van der Waals surface area (Å²) in [5, 5.41) is 11.0. The van der Waals surface area contributed by atoms with E-state index in [4.69, 9.17) is 28.9 Å². The molecule has 1 unspecified atom stereocenters. The number of hydrogen-bond acceptors (Lipinski definition) is 6. The molecule has 0 aliphatic rings. The zero-order chi connectivity index (χ0) is 26.9. The van der Waals surface area contributed by atoms with E-state index in [2.05, 4.69) is 25.5 Å². The fourth-order valence-electron chi connectivity index (χ4n) is 4.13. The monoisotopic (exact) mass is 568 g/mol. The molecule has 0 fully saturated rings. The largest absolute Gasteiger partial charge is 0.382 e. The normalized spacial score (nSPS) is 12.5. The van der Waals surface area contributed by atoms with Crippen LogP contribution in [0.5, 0.6) is 0 Å². The summed E-state index contributed by atoms with van der Waals surface area (Å²) in [5.74, 6) is -0.669. The number of H-pyrrole nitrogens is 2. The number of fused-ring (bicyclic) bond motifs is 1. The molecule has 0 aliphatic heterocycles. The number of amides is 1. The zero-order valence-electron chi connectivity index (χ0n) is 19.8. The van der Waals surface area contributed by atoms with Crippen LogP contribution in [0.2, 0.25) is 10.2 Å². The first-order valence-electron chi connectivity index (χ1n) is 11.5. The molecule has 2 heterocycles. The molecule has 0 bridgehead atoms. The Morgan fingerprint density at radius 1 is 1.03 bits per heavy atom. The second-order valence-electron chi connectivity index (χ2n) is 8.68. The number of nitrogens with zero attached hydrogens (tertiary/aromatic N) is 2. The maximum atomic E-state index is 13.0. The Labute approximate surface area is 228 Å². The molecule has 5 aromatic rings. The Kier molecular flexibility index (Phi) is 7.11. The number of nitrogens with one attached hydrogen (secondary N) is 3. The first-order chi connectivity index (χ1) is 18.2. The van der Waals surface area contributed by atoms with Gasteiger partial charge in [0.1, 0.15) is 22.4 Å². The van der Waals surface area contributed by atoms with Crippen molar-refractivity contribution in [3.8, 4) is 11.3 Å². The third-order valence-electron chi connectivity index (χ3n) is 5.97. The van der Waals surface area contributed by atoms with Crippen LogP contribution < -0.4 is 11.1 Å². The highest BCUT2D eigenvalue weighted by atomic mass is 35.5. The summed E-state index contributed by atoms with van der Waals surface area (Å²) >= 11 is 12.5. The van der Waals surface area contributed by atoms with E-state index in [1.54, 1.807) is 6.07 Å². The molecular weight excluding hydrogens is 547 g/mol. The van der Waals surface area contributed by atoms with E-state index in [0.717, 1.165) is 16.5 Å². The summed E-state index contributed by atoms with van der Waals surface area (Å²) in [6.45, 7) is 0. The second kappa shape index (κ2) is 10.5. The molecule has 0 spiro atoms. The van der Waals surface area contributed by atoms with Gasteiger partial charge < -0.3 is 16.0 Å². The maximum Gasteiger partial charge on any atom is 0.236 e. The van der Waals surface area contributed by atoms with Crippen molar-refractivity contribution < 1.29 is 13.2 Å². The fourth-order valence-corrected chi connectivity index (χ4v) is 5.82. The molecule has 9 nitrogen and oxygen atoms in total. The van der Waals surface area contributed by atoms with Gasteiger partial charge in [0.2, 0.25) is 5.91 Å². The molecule has 5 N–H and O–H groups in total. The molecule has 12 heteroatoms. The average Bonchev–Trinajstić information content (AvgIpc) is 3.46. The van der Waals surface area contributed by atoms with E-state index in [9.17, 15) is 13.2 Å². The van der Waals surface area contributed by atoms with E-state index in [0.29, 0.717) is 29.3 Å². The van der Waals surface area contributed by atoms with Crippen LogP contribution in [0.15, 0.2) is 77.7 Å². The standard InChI is InChI=1S/C26H22Cl2N6O3S/c27-17-7-4-8-18(13-17)38(36,37)14-22(35)30-21(11-15-5-2-1-3-6-15)26-31-23(24(28)32-26)16-9-10-19-20(12-16)33-34-25(19)29/h1-10,12-13,21H,11,14H2,(H,30,35)(H,31,32)(H3,29,33,34). The molecule has 5 rings (SSSR count). The summed E-state index contributed by atoms with van der Waals surface area (Å²) in [6.07, 6.45) is 0.350. The van der Waals surface area contributed by atoms with E-state index in [1.807, 2.05) is 48.5 Å². The Balaban J connectivity index is 1.44. The summed E-state index contributed by atoms with van der Waals surface area (Å²) in [4.78, 5) is 20.7. The molecule has 1 atom stereocenters. The molecule has 0 aliphatic carbocycles. The first-order valence-corrected chi connectivity index (χ1v) is 13.9. The molecule has 2 aromatic heterocycles. The minimum atomic E-state index is -3.92. The molecule has 3 aromatic carbocycles. The van der Waals surface area contributed by atoms with Crippen molar-refractivity contribution in [1.82, 2.24) is 25.5 Å². The number of nitrogens with two attached hydrogens (primary N) is 1. The van der Waals surface area contributed by atoms with Crippen LogP contribution in [-0.2, 0) is 21.1 Å². The lowest BCUT2D eigenvalue weighted by Crippen LogP contribution is -2.35. The average molecular weight is 569 g/mol. The number of carbonyl (C=O) groups is 1. The second-order valence-corrected chi connectivity index (χ2v) is 11.5. The van der Waals surface area contributed by atoms with Crippen LogP contribution >= 0.6 is 23.2 Å². The minimum Gasteiger partial charge on any atom is -0.382 e. The minimum absolute atomic E-state index is 0.0297. The van der Waals surface area contributed by atoms with E-state index < -0.39 is 27.5 Å². The van der Waals surface area contributed by atoms with Gasteiger partial charge in [-0.3, -0.25) is 9.89 Å². The topological polar surface area (TPSA) is 147 Å². The fraction of sp³-hybridized carbons (Fsp3) is 0.115. The highest BCUT2D eigenvalue weighted by Gasteiger charge is 2.25. The van der Waals surface area contributed by atoms with Gasteiger partial charge in [0, 0.05) is 16.0 Å². The summed E-state index contributed by atoms with van der Waals surface area (Å²) < 4.78 is 25.7. The number of nitrogen functional groups attached to an aromatic ring is 1. The summed E-state index contributed by atoms with van der Waals surface area (Å²) in [6, 6.07) is 20.0. The molecule has 1 amide bonds. The van der Waals surface area contributed by atoms with Crippen LogP contribution in [0.1, 0.15) is 17.4 Å². The van der Waals surface area contributed by atoms with Gasteiger partial charge in [0.15, 0.2) is 15.7 Å². The number of benzene rings is 3. The number of hydrogen-bond donors (Lipinski definition) is 4. The van der Waals surface area contributed by atoms with Gasteiger partial charge >= 0.3 is 0 Å². The molecule has 0 saturated heterocycles. The van der Waals surface area contributed by atoms with Gasteiger partial charge in [-0.15, -0.1) is 0 Å². The smallest absolute Gasteiger partial charge is 0.236 e. The Bertz CT molecular complexity index is 1730. The number of anilines is 1. The van der Waals surface area contributed by atoms with Crippen LogP contribution in [0, 0.1) is 0 Å². The van der Waals surface area contributed by atoms with Gasteiger partial charge in [-0.05, 0) is 42.3 Å². The zero-order valence-corrected chi connectivity index (χ0v) is 22.1. The number of imidazole rings is 1. The van der Waals surface area contributed by atoms with Crippen LogP contribution in [0.3, 0.4) is 0 Å². The van der Waals surface area contributed by atoms with E-state index in [-0.39, 0.29) is 15.1 Å². The van der Waals surface area contributed by atoms with Gasteiger partial charge in [0.25, 0.3) is 0 Å². The maximum absolute atomic E-state index is 13.0. The SMILES string of the molecule is Nc1n[nH]c2cc(-c3nc(C(Cc4ccccc4)NC(=O)CS(=O)(=O)c4cccc(Cl)c4)[nH]c3Cl)ccc12. The Morgan fingerprint density at radius 3 is 2.58 bits per heavy atom. The molecular formula is C26H22Cl2N6O3S. The van der Waals surface area contributed by atoms with Crippen molar-refractivity contribution in [3.05, 3.63) is 94.4 Å². The van der Waals surface area contributed by atoms with Crippen molar-refractivity contribution in [2.24, 2.45) is 0 Å². The Morgan fingerprint density at radius 2 is 1.82 bits per heavy atom. The number of sulfone groups is 1. The third kappa shape index (κ3) is 5.52. The van der Waals surface area contributed by atoms with Crippen molar-refractivity contribution in [3.63, 3.8) is 0 Å². The van der Waals surface area contributed by atoms with E-state index in [1.165, 1.54) is 18.2 Å². The van der Waals surface area contributed by atoms with Crippen LogP contribution in [0.25, 0.3) is 22.2 Å². The lowest BCUT2D eigenvalue weighted by atomic mass is 10.1. The van der Waals surface area contributed by atoms with E-state index >= 15 is 0 Å². The lowest BCUT2D eigenvalue weighted by Gasteiger charge is -2.17. The highest BCUT2D eigenvalue weighted by molar-refractivity contribution is 7.92. The molecule has 38 heavy (non-hydrogen) atoms. The number of halogens is 2. The predicted molar refractivity (Wildman–Crippen MR) is 148 cm³/mol. The van der Waals surface area contributed by atoms with Gasteiger partial charge in [-0.2, -0.15) is 5.10 Å². The summed E-state index contributed by atoms with van der Waals surface area (Å²) in [7, 11) is -3.92. The molecule has 194 valence electrons. The van der Waals surface area contributed by atoms with Crippen molar-refractivity contribution in [1.29, 1.82) is 0 Å². The number of aromatic nitrogens is 4. The van der Waals surface area contributed by atoms with Crippen molar-refractivity contribution >= 4 is 55.7 Å². The molecule has 0 radical (unpaired) electrons. The number of carbonyl (C=O) groups excluding carboxylic acids is 1. The first kappa shape index (κ1) is 25.8. The van der Waals surface area contributed by atoms with Crippen LogP contribution in [-0.4, -0.2) is 40.2 Å². The lowest BCUT2D eigenvalue weighted by molar-refractivity contribution is -0.119. The molecule has 0 saturated carbocycles. The van der Waals surface area contributed by atoms with Gasteiger partial charge in [-0.1, -0.05) is 65.7 Å². The number of aromatic amines is 2. The number of rotatable bonds is 8. The van der Waals surface area contributed by atoms with Gasteiger partial charge in [-0.25, -0.2) is 13.4 Å². The predicted octanol–water partition coefficient (Wildman–Crippen LogP) is 4.72. The third-order valence-corrected chi connectivity index (χ3v) is 8.09.